The fraction of sp³-hybridized carbons (Fsp3) is 0.143. The second-order valence-electron chi connectivity index (χ2n) is 6.94. The molecule has 0 saturated carbocycles. The first-order chi connectivity index (χ1) is 14.8. The van der Waals surface area contributed by atoms with Gasteiger partial charge in [0.05, 0.1) is 11.1 Å². The number of hydrogen-bond donors (Lipinski definition) is 3. The largest absolute Gasteiger partial charge is 0.364 e. The van der Waals surface area contributed by atoms with Gasteiger partial charge < -0.3 is 16.4 Å². The monoisotopic (exact) mass is 443 g/mol. The molecule has 0 bridgehead atoms. The number of nitrogens with one attached hydrogen (secondary N) is 2. The molecule has 0 unspecified atom stereocenters. The van der Waals surface area contributed by atoms with Gasteiger partial charge in [-0.15, -0.1) is 0 Å². The van der Waals surface area contributed by atoms with Crippen molar-refractivity contribution in [1.82, 2.24) is 9.97 Å². The van der Waals surface area contributed by atoms with Gasteiger partial charge in [-0.1, -0.05) is 11.6 Å². The molecule has 0 aliphatic heterocycles. The molecule has 1 aromatic heterocycles. The summed E-state index contributed by atoms with van der Waals surface area (Å²) in [5.41, 5.74) is 6.76. The van der Waals surface area contributed by atoms with Gasteiger partial charge in [0.15, 0.2) is 0 Å². The van der Waals surface area contributed by atoms with Crippen LogP contribution in [0.2, 0.25) is 5.02 Å². The first kappa shape index (κ1) is 20.7. The van der Waals surface area contributed by atoms with Crippen molar-refractivity contribution in [3.8, 4) is 0 Å². The molecular weight excluding hydrogens is 428 g/mol. The van der Waals surface area contributed by atoms with Crippen molar-refractivity contribution >= 4 is 35.1 Å². The lowest BCUT2D eigenvalue weighted by molar-refractivity contribution is 0.0993. The maximum Gasteiger partial charge on any atom is 0.267 e. The van der Waals surface area contributed by atoms with Gasteiger partial charge in [-0.3, -0.25) is 9.59 Å². The van der Waals surface area contributed by atoms with Crippen LogP contribution in [-0.2, 0) is 6.42 Å². The van der Waals surface area contributed by atoms with Gasteiger partial charge in [0.2, 0.25) is 5.95 Å². The van der Waals surface area contributed by atoms with Crippen LogP contribution in [0.4, 0.5) is 20.4 Å². The standard InChI is InChI=1S/C21H16ClF2N5O2/c22-13-9-10(1-4-14(13)23)27-20(31)12-2-5-15(24)18-11(12)3-6-16(18)28-21-26-8-7-17(29-21)19(25)30/h1-2,4-5,7-9,16H,3,6H2,(H2,25,30)(H,27,31)(H,26,28,29)/t16-/m0/s1. The van der Waals surface area contributed by atoms with Crippen LogP contribution >= 0.6 is 11.6 Å². The van der Waals surface area contributed by atoms with Crippen molar-refractivity contribution < 1.29 is 18.4 Å². The number of carbonyl (C=O) groups is 2. The van der Waals surface area contributed by atoms with Crippen LogP contribution in [0.1, 0.15) is 44.4 Å². The third kappa shape index (κ3) is 4.17. The normalized spacial score (nSPS) is 14.7. The Kier molecular flexibility index (Phi) is 5.51. The van der Waals surface area contributed by atoms with Crippen LogP contribution in [0, 0.1) is 11.6 Å². The summed E-state index contributed by atoms with van der Waals surface area (Å²) in [5, 5.41) is 5.53. The van der Waals surface area contributed by atoms with E-state index in [1.807, 2.05) is 0 Å². The highest BCUT2D eigenvalue weighted by atomic mass is 35.5. The molecule has 2 aromatic carbocycles. The number of rotatable bonds is 5. The summed E-state index contributed by atoms with van der Waals surface area (Å²) in [7, 11) is 0. The summed E-state index contributed by atoms with van der Waals surface area (Å²) in [4.78, 5) is 32.2. The number of amides is 2. The number of primary amides is 1. The number of halogens is 3. The highest BCUT2D eigenvalue weighted by Gasteiger charge is 2.30. The number of hydrogen-bond acceptors (Lipinski definition) is 5. The molecule has 0 radical (unpaired) electrons. The summed E-state index contributed by atoms with van der Waals surface area (Å²) in [6.07, 6.45) is 2.30. The van der Waals surface area contributed by atoms with Crippen molar-refractivity contribution in [1.29, 1.82) is 0 Å². The molecule has 10 heteroatoms. The van der Waals surface area contributed by atoms with Crippen LogP contribution in [-0.4, -0.2) is 21.8 Å². The molecule has 0 saturated heterocycles. The second kappa shape index (κ2) is 8.27. The van der Waals surface area contributed by atoms with Gasteiger partial charge in [-0.25, -0.2) is 18.7 Å². The Labute approximate surface area is 180 Å². The van der Waals surface area contributed by atoms with Gasteiger partial charge in [0.1, 0.15) is 17.3 Å². The van der Waals surface area contributed by atoms with Gasteiger partial charge in [0.25, 0.3) is 11.8 Å². The highest BCUT2D eigenvalue weighted by Crippen LogP contribution is 2.37. The van der Waals surface area contributed by atoms with Crippen LogP contribution in [0.25, 0.3) is 0 Å². The molecule has 31 heavy (non-hydrogen) atoms. The number of carbonyl (C=O) groups excluding carboxylic acids is 2. The molecular formula is C21H16ClF2N5O2. The molecule has 1 atom stereocenters. The maximum atomic E-state index is 14.7. The van der Waals surface area contributed by atoms with E-state index < -0.39 is 29.5 Å². The number of nitrogens with zero attached hydrogens (tertiary/aromatic N) is 2. The van der Waals surface area contributed by atoms with E-state index in [-0.39, 0.29) is 16.7 Å². The van der Waals surface area contributed by atoms with Crippen molar-refractivity contribution in [3.63, 3.8) is 0 Å². The Bertz CT molecular complexity index is 1200. The fourth-order valence-corrected chi connectivity index (χ4v) is 3.75. The predicted molar refractivity (Wildman–Crippen MR) is 111 cm³/mol. The minimum Gasteiger partial charge on any atom is -0.364 e. The number of nitrogens with two attached hydrogens (primary N) is 1. The summed E-state index contributed by atoms with van der Waals surface area (Å²) >= 11 is 5.76. The SMILES string of the molecule is NC(=O)c1ccnc(N[C@H]2CCc3c(C(=O)Nc4ccc(F)c(Cl)c4)ccc(F)c32)n1. The molecule has 0 fully saturated rings. The van der Waals surface area contributed by atoms with Crippen molar-refractivity contribution in [3.05, 3.63) is 81.6 Å². The van der Waals surface area contributed by atoms with E-state index in [1.165, 1.54) is 36.5 Å². The Balaban J connectivity index is 1.60. The zero-order valence-electron chi connectivity index (χ0n) is 16.0. The molecule has 1 aliphatic rings. The number of aromatic nitrogens is 2. The lowest BCUT2D eigenvalue weighted by Crippen LogP contribution is -2.17. The zero-order chi connectivity index (χ0) is 22.1. The van der Waals surface area contributed by atoms with Gasteiger partial charge in [-0.05, 0) is 54.8 Å². The Morgan fingerprint density at radius 2 is 1.90 bits per heavy atom. The van der Waals surface area contributed by atoms with Gasteiger partial charge in [0, 0.05) is 23.0 Å². The van der Waals surface area contributed by atoms with Crippen LogP contribution in [0.3, 0.4) is 0 Å². The smallest absolute Gasteiger partial charge is 0.267 e. The topological polar surface area (TPSA) is 110 Å². The Morgan fingerprint density at radius 3 is 2.65 bits per heavy atom. The molecule has 2 amide bonds. The number of anilines is 2. The lowest BCUT2D eigenvalue weighted by Gasteiger charge is -2.16. The lowest BCUT2D eigenvalue weighted by atomic mass is 10.0. The van der Waals surface area contributed by atoms with Crippen LogP contribution in [0.5, 0.6) is 0 Å². The molecule has 7 nitrogen and oxygen atoms in total. The summed E-state index contributed by atoms with van der Waals surface area (Å²) in [6, 6.07) is 7.33. The number of benzene rings is 2. The van der Waals surface area contributed by atoms with Gasteiger partial charge >= 0.3 is 0 Å². The van der Waals surface area contributed by atoms with E-state index in [0.717, 1.165) is 6.07 Å². The van der Waals surface area contributed by atoms with Crippen molar-refractivity contribution in [2.45, 2.75) is 18.9 Å². The van der Waals surface area contributed by atoms with Crippen LogP contribution in [0.15, 0.2) is 42.6 Å². The van der Waals surface area contributed by atoms with E-state index in [4.69, 9.17) is 17.3 Å². The van der Waals surface area contributed by atoms with E-state index in [2.05, 4.69) is 20.6 Å². The molecule has 158 valence electrons. The average Bonchev–Trinajstić information content (AvgIpc) is 3.15. The third-order valence-electron chi connectivity index (χ3n) is 4.97. The number of fused-ring (bicyclic) bond motifs is 1. The first-order valence-corrected chi connectivity index (χ1v) is 9.68. The second-order valence-corrected chi connectivity index (χ2v) is 7.34. The molecule has 1 heterocycles. The minimum atomic E-state index is -0.705. The first-order valence-electron chi connectivity index (χ1n) is 9.30. The fourth-order valence-electron chi connectivity index (χ4n) is 3.57. The maximum absolute atomic E-state index is 14.7. The summed E-state index contributed by atoms with van der Waals surface area (Å²) in [5.74, 6) is -2.12. The Hall–Kier alpha value is -3.59. The highest BCUT2D eigenvalue weighted by molar-refractivity contribution is 6.31. The summed E-state index contributed by atoms with van der Waals surface area (Å²) in [6.45, 7) is 0. The van der Waals surface area contributed by atoms with E-state index in [0.29, 0.717) is 35.2 Å². The molecule has 4 N–H and O–H groups in total. The average molecular weight is 444 g/mol. The predicted octanol–water partition coefficient (Wildman–Crippen LogP) is 3.86. The van der Waals surface area contributed by atoms with E-state index >= 15 is 0 Å². The van der Waals surface area contributed by atoms with Crippen molar-refractivity contribution in [2.75, 3.05) is 10.6 Å². The molecule has 4 rings (SSSR count). The molecule has 3 aromatic rings. The third-order valence-corrected chi connectivity index (χ3v) is 5.26. The Morgan fingerprint density at radius 1 is 1.13 bits per heavy atom. The van der Waals surface area contributed by atoms with E-state index in [9.17, 15) is 18.4 Å². The van der Waals surface area contributed by atoms with Gasteiger partial charge in [-0.2, -0.15) is 0 Å². The minimum absolute atomic E-state index is 0.0299. The van der Waals surface area contributed by atoms with Crippen LogP contribution < -0.4 is 16.4 Å². The zero-order valence-corrected chi connectivity index (χ0v) is 16.7. The summed E-state index contributed by atoms with van der Waals surface area (Å²) < 4.78 is 28.0. The van der Waals surface area contributed by atoms with Crippen molar-refractivity contribution in [2.24, 2.45) is 5.73 Å². The quantitative estimate of drug-likeness (QED) is 0.554. The molecule has 1 aliphatic carbocycles. The van der Waals surface area contributed by atoms with E-state index in [1.54, 1.807) is 0 Å². The molecule has 0 spiro atoms.